The van der Waals surface area contributed by atoms with E-state index in [0.29, 0.717) is 36.9 Å². The maximum Gasteiger partial charge on any atom is 0.273 e. The zero-order chi connectivity index (χ0) is 13.4. The van der Waals surface area contributed by atoms with Crippen molar-refractivity contribution in [1.29, 1.82) is 0 Å². The van der Waals surface area contributed by atoms with Crippen molar-refractivity contribution in [3.05, 3.63) is 38.9 Å². The third-order valence-corrected chi connectivity index (χ3v) is 2.45. The largest absolute Gasteiger partial charge is 0.394 e. The van der Waals surface area contributed by atoms with E-state index in [9.17, 15) is 10.1 Å². The van der Waals surface area contributed by atoms with Crippen molar-refractivity contribution in [2.24, 2.45) is 0 Å². The van der Waals surface area contributed by atoms with Crippen molar-refractivity contribution in [2.75, 3.05) is 26.4 Å². The highest BCUT2D eigenvalue weighted by Crippen LogP contribution is 2.22. The number of nitrogens with one attached hydrogen (secondary N) is 1. The molecular formula is C11H15ClN2O4. The SMILES string of the molecule is O=[N+]([O-])c1ccc(Cl)cc1CNCCOCCO. The predicted octanol–water partition coefficient (Wildman–Crippen LogP) is 1.35. The lowest BCUT2D eigenvalue weighted by atomic mass is 10.2. The normalized spacial score (nSPS) is 10.6. The number of aliphatic hydroxyl groups excluding tert-OH is 1. The van der Waals surface area contributed by atoms with E-state index in [1.54, 1.807) is 6.07 Å². The van der Waals surface area contributed by atoms with Crippen molar-refractivity contribution in [1.82, 2.24) is 5.32 Å². The number of nitro groups is 1. The minimum absolute atomic E-state index is 0.0141. The molecule has 0 saturated heterocycles. The molecule has 0 aliphatic carbocycles. The summed E-state index contributed by atoms with van der Waals surface area (Å²) in [5, 5.41) is 22.8. The lowest BCUT2D eigenvalue weighted by molar-refractivity contribution is -0.385. The molecule has 0 atom stereocenters. The van der Waals surface area contributed by atoms with Gasteiger partial charge in [0.15, 0.2) is 0 Å². The summed E-state index contributed by atoms with van der Waals surface area (Å²) in [7, 11) is 0. The van der Waals surface area contributed by atoms with Gasteiger partial charge in [0.1, 0.15) is 0 Å². The summed E-state index contributed by atoms with van der Waals surface area (Å²) in [5.74, 6) is 0. The van der Waals surface area contributed by atoms with Crippen LogP contribution in [0.2, 0.25) is 5.02 Å². The van der Waals surface area contributed by atoms with Crippen molar-refractivity contribution in [3.63, 3.8) is 0 Å². The maximum absolute atomic E-state index is 10.8. The molecular weight excluding hydrogens is 260 g/mol. The number of hydrogen-bond donors (Lipinski definition) is 2. The quantitative estimate of drug-likeness (QED) is 0.425. The summed E-state index contributed by atoms with van der Waals surface area (Å²) in [6, 6.07) is 4.45. The third-order valence-electron chi connectivity index (χ3n) is 2.21. The lowest BCUT2D eigenvalue weighted by Gasteiger charge is -2.06. The molecule has 0 aromatic heterocycles. The minimum atomic E-state index is -0.435. The Balaban J connectivity index is 2.45. The summed E-state index contributed by atoms with van der Waals surface area (Å²) < 4.78 is 5.05. The van der Waals surface area contributed by atoms with Gasteiger partial charge in [0.2, 0.25) is 0 Å². The molecule has 1 aromatic carbocycles. The van der Waals surface area contributed by atoms with Crippen molar-refractivity contribution in [3.8, 4) is 0 Å². The van der Waals surface area contributed by atoms with Crippen molar-refractivity contribution < 1.29 is 14.8 Å². The Hall–Kier alpha value is -1.21. The molecule has 0 unspecified atom stereocenters. The number of ether oxygens (including phenoxy) is 1. The highest BCUT2D eigenvalue weighted by Gasteiger charge is 2.12. The molecule has 18 heavy (non-hydrogen) atoms. The number of nitrogens with zero attached hydrogens (tertiary/aromatic N) is 1. The van der Waals surface area contributed by atoms with Crippen molar-refractivity contribution >= 4 is 17.3 Å². The molecule has 6 nitrogen and oxygen atoms in total. The van der Waals surface area contributed by atoms with E-state index in [4.69, 9.17) is 21.4 Å². The first-order chi connectivity index (χ1) is 8.65. The summed E-state index contributed by atoms with van der Waals surface area (Å²) in [6.45, 7) is 1.61. The molecule has 7 heteroatoms. The van der Waals surface area contributed by atoms with E-state index in [1.807, 2.05) is 0 Å². The lowest BCUT2D eigenvalue weighted by Crippen LogP contribution is -2.20. The molecule has 0 spiro atoms. The third kappa shape index (κ3) is 4.97. The highest BCUT2D eigenvalue weighted by molar-refractivity contribution is 6.30. The van der Waals surface area contributed by atoms with Gasteiger partial charge >= 0.3 is 0 Å². The predicted molar refractivity (Wildman–Crippen MR) is 67.7 cm³/mol. The zero-order valence-corrected chi connectivity index (χ0v) is 10.5. The Kier molecular flexibility index (Phi) is 6.59. The van der Waals surface area contributed by atoms with Gasteiger partial charge in [-0.1, -0.05) is 11.6 Å². The fourth-order valence-corrected chi connectivity index (χ4v) is 1.60. The van der Waals surface area contributed by atoms with Crippen LogP contribution in [0.5, 0.6) is 0 Å². The molecule has 1 rings (SSSR count). The Morgan fingerprint density at radius 1 is 1.44 bits per heavy atom. The van der Waals surface area contributed by atoms with E-state index < -0.39 is 4.92 Å². The van der Waals surface area contributed by atoms with E-state index in [1.165, 1.54) is 12.1 Å². The number of nitro benzene ring substituents is 1. The minimum Gasteiger partial charge on any atom is -0.394 e. The second-order valence-electron chi connectivity index (χ2n) is 3.54. The van der Waals surface area contributed by atoms with Gasteiger partial charge in [-0.25, -0.2) is 0 Å². The fourth-order valence-electron chi connectivity index (χ4n) is 1.41. The van der Waals surface area contributed by atoms with Crippen LogP contribution in [0, 0.1) is 10.1 Å². The number of hydrogen-bond acceptors (Lipinski definition) is 5. The van der Waals surface area contributed by atoms with Crippen LogP contribution in [-0.4, -0.2) is 36.4 Å². The van der Waals surface area contributed by atoms with E-state index in [0.717, 1.165) is 0 Å². The Bertz CT molecular complexity index is 401. The van der Waals surface area contributed by atoms with Crippen molar-refractivity contribution in [2.45, 2.75) is 6.54 Å². The van der Waals surface area contributed by atoms with E-state index >= 15 is 0 Å². The molecule has 0 aliphatic rings. The molecule has 0 heterocycles. The number of rotatable bonds is 8. The van der Waals surface area contributed by atoms with Gasteiger partial charge < -0.3 is 15.2 Å². The Labute approximate surface area is 110 Å². The summed E-state index contributed by atoms with van der Waals surface area (Å²) in [4.78, 5) is 10.4. The van der Waals surface area contributed by atoms with Gasteiger partial charge in [-0.05, 0) is 12.1 Å². The van der Waals surface area contributed by atoms with Gasteiger partial charge in [-0.3, -0.25) is 10.1 Å². The number of aliphatic hydroxyl groups is 1. The molecule has 0 bridgehead atoms. The molecule has 100 valence electrons. The maximum atomic E-state index is 10.8. The van der Waals surface area contributed by atoms with Crippen LogP contribution in [-0.2, 0) is 11.3 Å². The smallest absolute Gasteiger partial charge is 0.273 e. The second-order valence-corrected chi connectivity index (χ2v) is 3.98. The first kappa shape index (κ1) is 14.8. The molecule has 1 aromatic rings. The molecule has 0 saturated carbocycles. The van der Waals surface area contributed by atoms with Crippen LogP contribution in [0.3, 0.4) is 0 Å². The molecule has 0 radical (unpaired) electrons. The van der Waals surface area contributed by atoms with Crippen LogP contribution in [0.15, 0.2) is 18.2 Å². The Morgan fingerprint density at radius 2 is 2.22 bits per heavy atom. The molecule has 2 N–H and O–H groups in total. The number of halogens is 1. The topological polar surface area (TPSA) is 84.6 Å². The van der Waals surface area contributed by atoms with E-state index in [2.05, 4.69) is 5.32 Å². The van der Waals surface area contributed by atoms with Crippen LogP contribution in [0.4, 0.5) is 5.69 Å². The first-order valence-corrected chi connectivity index (χ1v) is 5.85. The van der Waals surface area contributed by atoms with Crippen LogP contribution in [0.25, 0.3) is 0 Å². The van der Waals surface area contributed by atoms with Crippen LogP contribution >= 0.6 is 11.6 Å². The first-order valence-electron chi connectivity index (χ1n) is 5.47. The number of benzene rings is 1. The van der Waals surface area contributed by atoms with E-state index in [-0.39, 0.29) is 12.3 Å². The zero-order valence-electron chi connectivity index (χ0n) is 9.76. The van der Waals surface area contributed by atoms with Gasteiger partial charge in [-0.15, -0.1) is 0 Å². The molecule has 0 fully saturated rings. The van der Waals surface area contributed by atoms with Gasteiger partial charge in [0, 0.05) is 29.7 Å². The van der Waals surface area contributed by atoms with Gasteiger partial charge in [-0.2, -0.15) is 0 Å². The average molecular weight is 275 g/mol. The van der Waals surface area contributed by atoms with Crippen LogP contribution in [0.1, 0.15) is 5.56 Å². The summed E-state index contributed by atoms with van der Waals surface area (Å²) in [5.41, 5.74) is 0.581. The summed E-state index contributed by atoms with van der Waals surface area (Å²) in [6.07, 6.45) is 0. The second kappa shape index (κ2) is 7.99. The monoisotopic (exact) mass is 274 g/mol. The summed E-state index contributed by atoms with van der Waals surface area (Å²) >= 11 is 5.80. The molecule has 0 amide bonds. The van der Waals surface area contributed by atoms with Gasteiger partial charge in [0.05, 0.1) is 24.7 Å². The highest BCUT2D eigenvalue weighted by atomic mass is 35.5. The van der Waals surface area contributed by atoms with Gasteiger partial charge in [0.25, 0.3) is 5.69 Å². The Morgan fingerprint density at radius 3 is 2.89 bits per heavy atom. The average Bonchev–Trinajstić information content (AvgIpc) is 2.33. The fraction of sp³-hybridized carbons (Fsp3) is 0.455. The standard InChI is InChI=1S/C11H15ClN2O4/c12-10-1-2-11(14(16)17)9(7-10)8-13-3-5-18-6-4-15/h1-2,7,13,15H,3-6,8H2. The molecule has 0 aliphatic heterocycles. The van der Waals surface area contributed by atoms with Crippen LogP contribution < -0.4 is 5.32 Å².